The van der Waals surface area contributed by atoms with Crippen molar-refractivity contribution >= 4 is 27.8 Å². The Morgan fingerprint density at radius 2 is 1.73 bits per heavy atom. The Balaban J connectivity index is 2.82. The summed E-state index contributed by atoms with van der Waals surface area (Å²) in [6.45, 7) is 1.55. The van der Waals surface area contributed by atoms with Crippen molar-refractivity contribution in [2.24, 2.45) is 0 Å². The van der Waals surface area contributed by atoms with E-state index in [1.54, 1.807) is 33.2 Å². The summed E-state index contributed by atoms with van der Waals surface area (Å²) in [5.41, 5.74) is 0.687. The zero-order chi connectivity index (χ0) is 16.9. The van der Waals surface area contributed by atoms with E-state index in [0.29, 0.717) is 21.5 Å². The van der Waals surface area contributed by atoms with Gasteiger partial charge in [-0.25, -0.2) is 0 Å². The molecule has 0 aliphatic carbocycles. The molecule has 0 saturated heterocycles. The molecule has 0 spiro atoms. The maximum absolute atomic E-state index is 12.0. The van der Waals surface area contributed by atoms with Gasteiger partial charge in [0.25, 0.3) is 5.91 Å². The number of rotatable bonds is 6. The lowest BCUT2D eigenvalue weighted by Crippen LogP contribution is -2.35. The van der Waals surface area contributed by atoms with Crippen molar-refractivity contribution < 1.29 is 23.8 Å². The fraction of sp³-hybridized carbons (Fsp3) is 0.467. The minimum atomic E-state index is -0.818. The highest BCUT2D eigenvalue weighted by Crippen LogP contribution is 2.33. The van der Waals surface area contributed by atoms with Crippen LogP contribution in [0.15, 0.2) is 16.6 Å². The van der Waals surface area contributed by atoms with Crippen LogP contribution in [0.5, 0.6) is 11.5 Å². The second-order valence-corrected chi connectivity index (χ2v) is 5.69. The largest absolute Gasteiger partial charge is 0.493 e. The highest BCUT2D eigenvalue weighted by atomic mass is 79.9. The van der Waals surface area contributed by atoms with Gasteiger partial charge in [0.2, 0.25) is 0 Å². The Hall–Kier alpha value is -1.76. The molecular weight excluding hydrogens is 354 g/mol. The molecule has 0 bridgehead atoms. The molecular formula is C15H20BrNO5. The molecule has 0 N–H and O–H groups in total. The molecule has 1 aromatic rings. The number of carbonyl (C=O) groups excluding carboxylic acids is 2. The molecule has 0 aliphatic rings. The average molecular weight is 374 g/mol. The number of esters is 1. The third-order valence-electron chi connectivity index (χ3n) is 2.98. The maximum Gasteiger partial charge on any atom is 0.311 e. The Morgan fingerprint density at radius 1 is 1.18 bits per heavy atom. The smallest absolute Gasteiger partial charge is 0.311 e. The van der Waals surface area contributed by atoms with Gasteiger partial charge in [0.15, 0.2) is 17.6 Å². The molecule has 0 saturated carbocycles. The first-order valence-corrected chi connectivity index (χ1v) is 7.40. The molecule has 0 fully saturated rings. The number of amides is 1. The van der Waals surface area contributed by atoms with Crippen molar-refractivity contribution in [3.8, 4) is 11.5 Å². The van der Waals surface area contributed by atoms with Gasteiger partial charge in [-0.2, -0.15) is 0 Å². The third-order valence-corrected chi connectivity index (χ3v) is 3.72. The van der Waals surface area contributed by atoms with Gasteiger partial charge in [-0.1, -0.05) is 15.9 Å². The second-order valence-electron chi connectivity index (χ2n) is 4.84. The molecule has 0 aliphatic heterocycles. The second kappa shape index (κ2) is 8.03. The Morgan fingerprint density at radius 3 is 2.23 bits per heavy atom. The Bertz CT molecular complexity index is 559. The van der Waals surface area contributed by atoms with Crippen LogP contribution in [0, 0.1) is 0 Å². The molecule has 0 heterocycles. The number of hydrogen-bond donors (Lipinski definition) is 0. The number of carbonyl (C=O) groups is 2. The minimum absolute atomic E-state index is 0.0198. The number of methoxy groups -OCH3 is 2. The standard InChI is InChI=1S/C15H20BrNO5/c1-9(15(19)17(2)3)22-14(18)7-10-6-12(20-4)13(21-5)8-11(10)16/h6,8-9H,7H2,1-5H3/t9-/m0/s1. The molecule has 0 radical (unpaired) electrons. The van der Waals surface area contributed by atoms with Gasteiger partial charge in [0.05, 0.1) is 20.6 Å². The van der Waals surface area contributed by atoms with Gasteiger partial charge in [-0.15, -0.1) is 0 Å². The molecule has 7 heteroatoms. The fourth-order valence-corrected chi connectivity index (χ4v) is 2.30. The molecule has 0 aromatic heterocycles. The number of hydrogen-bond acceptors (Lipinski definition) is 5. The summed E-state index contributed by atoms with van der Waals surface area (Å²) in [6.07, 6.45) is -0.798. The van der Waals surface area contributed by atoms with E-state index in [4.69, 9.17) is 14.2 Å². The molecule has 6 nitrogen and oxygen atoms in total. The van der Waals surface area contributed by atoms with Gasteiger partial charge >= 0.3 is 5.97 Å². The highest BCUT2D eigenvalue weighted by Gasteiger charge is 2.20. The van der Waals surface area contributed by atoms with Crippen molar-refractivity contribution in [2.45, 2.75) is 19.4 Å². The van der Waals surface area contributed by atoms with Gasteiger partial charge in [0, 0.05) is 18.6 Å². The lowest BCUT2D eigenvalue weighted by Gasteiger charge is -2.17. The number of ether oxygens (including phenoxy) is 3. The summed E-state index contributed by atoms with van der Waals surface area (Å²) in [5.74, 6) is 0.323. The summed E-state index contributed by atoms with van der Waals surface area (Å²) in [6, 6.07) is 3.42. The predicted molar refractivity (Wildman–Crippen MR) is 85.2 cm³/mol. The molecule has 22 heavy (non-hydrogen) atoms. The Kier molecular flexibility index (Phi) is 6.67. The molecule has 1 aromatic carbocycles. The maximum atomic E-state index is 12.0. The lowest BCUT2D eigenvalue weighted by atomic mass is 10.1. The first kappa shape index (κ1) is 18.3. The van der Waals surface area contributed by atoms with Crippen LogP contribution in [-0.2, 0) is 20.7 Å². The van der Waals surface area contributed by atoms with E-state index in [-0.39, 0.29) is 12.3 Å². The monoisotopic (exact) mass is 373 g/mol. The lowest BCUT2D eigenvalue weighted by molar-refractivity contribution is -0.157. The minimum Gasteiger partial charge on any atom is -0.493 e. The fourth-order valence-electron chi connectivity index (χ4n) is 1.84. The van der Waals surface area contributed by atoms with E-state index < -0.39 is 12.1 Å². The summed E-state index contributed by atoms with van der Waals surface area (Å²) < 4.78 is 16.2. The summed E-state index contributed by atoms with van der Waals surface area (Å²) >= 11 is 3.38. The number of halogens is 1. The molecule has 0 unspecified atom stereocenters. The van der Waals surface area contributed by atoms with Crippen molar-refractivity contribution in [2.75, 3.05) is 28.3 Å². The summed E-state index contributed by atoms with van der Waals surface area (Å²) in [4.78, 5) is 25.0. The van der Waals surface area contributed by atoms with Crippen molar-refractivity contribution in [3.63, 3.8) is 0 Å². The normalized spacial score (nSPS) is 11.5. The van der Waals surface area contributed by atoms with E-state index in [1.165, 1.54) is 19.1 Å². The van der Waals surface area contributed by atoms with Crippen LogP contribution in [0.4, 0.5) is 0 Å². The van der Waals surface area contributed by atoms with E-state index in [1.807, 2.05) is 0 Å². The van der Waals surface area contributed by atoms with Gasteiger partial charge in [0.1, 0.15) is 0 Å². The average Bonchev–Trinajstić information content (AvgIpc) is 2.47. The van der Waals surface area contributed by atoms with Crippen LogP contribution in [0.2, 0.25) is 0 Å². The molecule has 1 atom stereocenters. The summed E-state index contributed by atoms with van der Waals surface area (Å²) in [7, 11) is 6.27. The van der Waals surface area contributed by atoms with Crippen LogP contribution < -0.4 is 9.47 Å². The Labute approximate surface area is 138 Å². The van der Waals surface area contributed by atoms with Crippen LogP contribution in [-0.4, -0.2) is 51.2 Å². The SMILES string of the molecule is COc1cc(Br)c(CC(=O)O[C@@H](C)C(=O)N(C)C)cc1OC. The molecule has 122 valence electrons. The van der Waals surface area contributed by atoms with E-state index in [0.717, 1.165) is 0 Å². The predicted octanol–water partition coefficient (Wildman–Crippen LogP) is 2.03. The first-order chi connectivity index (χ1) is 10.3. The van der Waals surface area contributed by atoms with Crippen LogP contribution >= 0.6 is 15.9 Å². The number of benzene rings is 1. The van der Waals surface area contributed by atoms with E-state index in [9.17, 15) is 9.59 Å². The van der Waals surface area contributed by atoms with E-state index in [2.05, 4.69) is 15.9 Å². The van der Waals surface area contributed by atoms with Crippen LogP contribution in [0.3, 0.4) is 0 Å². The van der Waals surface area contributed by atoms with Gasteiger partial charge in [-0.3, -0.25) is 9.59 Å². The number of nitrogens with zero attached hydrogens (tertiary/aromatic N) is 1. The quantitative estimate of drug-likeness (QED) is 0.713. The highest BCUT2D eigenvalue weighted by molar-refractivity contribution is 9.10. The van der Waals surface area contributed by atoms with Gasteiger partial charge in [-0.05, 0) is 24.6 Å². The third kappa shape index (κ3) is 4.62. The zero-order valence-corrected chi connectivity index (χ0v) is 14.9. The van der Waals surface area contributed by atoms with Crippen molar-refractivity contribution in [1.29, 1.82) is 0 Å². The van der Waals surface area contributed by atoms with E-state index >= 15 is 0 Å². The molecule has 1 rings (SSSR count). The van der Waals surface area contributed by atoms with Crippen LogP contribution in [0.25, 0.3) is 0 Å². The molecule has 1 amide bonds. The first-order valence-electron chi connectivity index (χ1n) is 6.61. The zero-order valence-electron chi connectivity index (χ0n) is 13.3. The van der Waals surface area contributed by atoms with Crippen molar-refractivity contribution in [1.82, 2.24) is 4.90 Å². The topological polar surface area (TPSA) is 65.1 Å². The van der Waals surface area contributed by atoms with Gasteiger partial charge < -0.3 is 19.1 Å². The number of likely N-dealkylation sites (N-methyl/N-ethyl adjacent to an activating group) is 1. The van der Waals surface area contributed by atoms with Crippen molar-refractivity contribution in [3.05, 3.63) is 22.2 Å². The summed E-state index contributed by atoms with van der Waals surface area (Å²) in [5, 5.41) is 0. The van der Waals surface area contributed by atoms with Crippen LogP contribution in [0.1, 0.15) is 12.5 Å².